The van der Waals surface area contributed by atoms with E-state index in [4.69, 9.17) is 10.8 Å². The zero-order chi connectivity index (χ0) is 12.0. The molecule has 0 atom stereocenters. The standard InChI is InChI=1S/C11H16FN3O.HI/c1-2-5-14-11(13)15-7-8-3-4-10(16)9(12)6-8;/h3-4,6,16H,2,5,7H2,1H3,(H3,13,14,15);1H. The highest BCUT2D eigenvalue weighted by atomic mass is 127. The second-order valence-corrected chi connectivity index (χ2v) is 3.41. The smallest absolute Gasteiger partial charge is 0.188 e. The van der Waals surface area contributed by atoms with Crippen LogP contribution in [-0.2, 0) is 6.54 Å². The van der Waals surface area contributed by atoms with Crippen LogP contribution in [0, 0.1) is 5.82 Å². The Morgan fingerprint density at radius 1 is 1.53 bits per heavy atom. The van der Waals surface area contributed by atoms with Crippen molar-refractivity contribution >= 4 is 29.9 Å². The van der Waals surface area contributed by atoms with Gasteiger partial charge in [0.2, 0.25) is 0 Å². The average Bonchev–Trinajstić information content (AvgIpc) is 2.28. The molecule has 0 aliphatic rings. The van der Waals surface area contributed by atoms with E-state index < -0.39 is 5.82 Å². The van der Waals surface area contributed by atoms with Crippen LogP contribution in [0.15, 0.2) is 23.2 Å². The summed E-state index contributed by atoms with van der Waals surface area (Å²) in [5.41, 5.74) is 6.23. The molecule has 1 aromatic carbocycles. The van der Waals surface area contributed by atoms with Crippen molar-refractivity contribution in [1.82, 2.24) is 5.32 Å². The Bertz CT molecular complexity index is 385. The van der Waals surface area contributed by atoms with Crippen LogP contribution < -0.4 is 11.1 Å². The van der Waals surface area contributed by atoms with E-state index in [0.29, 0.717) is 18.1 Å². The quantitative estimate of drug-likeness (QED) is 0.440. The van der Waals surface area contributed by atoms with Crippen LogP contribution in [0.25, 0.3) is 0 Å². The van der Waals surface area contributed by atoms with E-state index in [1.54, 1.807) is 6.07 Å². The Morgan fingerprint density at radius 2 is 2.24 bits per heavy atom. The highest BCUT2D eigenvalue weighted by molar-refractivity contribution is 14.0. The summed E-state index contributed by atoms with van der Waals surface area (Å²) in [4.78, 5) is 4.04. The predicted molar refractivity (Wildman–Crippen MR) is 77.1 cm³/mol. The van der Waals surface area contributed by atoms with Gasteiger partial charge in [-0.25, -0.2) is 9.38 Å². The molecule has 0 unspecified atom stereocenters. The van der Waals surface area contributed by atoms with E-state index in [9.17, 15) is 4.39 Å². The SMILES string of the molecule is CCCNC(N)=NCc1ccc(O)c(F)c1.I. The summed E-state index contributed by atoms with van der Waals surface area (Å²) < 4.78 is 13.0. The van der Waals surface area contributed by atoms with Gasteiger partial charge in [-0.1, -0.05) is 13.0 Å². The van der Waals surface area contributed by atoms with Crippen molar-refractivity contribution in [2.45, 2.75) is 19.9 Å². The van der Waals surface area contributed by atoms with Gasteiger partial charge in [-0.15, -0.1) is 24.0 Å². The maximum Gasteiger partial charge on any atom is 0.188 e. The van der Waals surface area contributed by atoms with Crippen LogP contribution >= 0.6 is 24.0 Å². The van der Waals surface area contributed by atoms with Crippen molar-refractivity contribution in [3.63, 3.8) is 0 Å². The molecule has 4 N–H and O–H groups in total. The molecule has 0 aromatic heterocycles. The lowest BCUT2D eigenvalue weighted by atomic mass is 10.2. The number of phenols is 1. The summed E-state index contributed by atoms with van der Waals surface area (Å²) in [5.74, 6) is -0.659. The summed E-state index contributed by atoms with van der Waals surface area (Å²) in [6.45, 7) is 3.08. The largest absolute Gasteiger partial charge is 0.505 e. The summed E-state index contributed by atoms with van der Waals surface area (Å²) >= 11 is 0. The predicted octanol–water partition coefficient (Wildman–Crippen LogP) is 1.96. The molecular formula is C11H17FIN3O. The molecule has 6 heteroatoms. The lowest BCUT2D eigenvalue weighted by molar-refractivity contribution is 0.432. The number of nitrogens with one attached hydrogen (secondary N) is 1. The molecule has 0 bridgehead atoms. The van der Waals surface area contributed by atoms with E-state index >= 15 is 0 Å². The van der Waals surface area contributed by atoms with Crippen molar-refractivity contribution < 1.29 is 9.50 Å². The lowest BCUT2D eigenvalue weighted by Crippen LogP contribution is -2.32. The van der Waals surface area contributed by atoms with Gasteiger partial charge in [0.1, 0.15) is 0 Å². The fourth-order valence-electron chi connectivity index (χ4n) is 1.13. The first-order chi connectivity index (χ1) is 7.63. The second kappa shape index (κ2) is 8.10. The number of halogens is 2. The molecule has 17 heavy (non-hydrogen) atoms. The summed E-state index contributed by atoms with van der Waals surface area (Å²) in [6, 6.07) is 4.15. The fraction of sp³-hybridized carbons (Fsp3) is 0.364. The molecule has 0 saturated heterocycles. The second-order valence-electron chi connectivity index (χ2n) is 3.41. The van der Waals surface area contributed by atoms with Crippen LogP contribution in [0.4, 0.5) is 4.39 Å². The summed E-state index contributed by atoms with van der Waals surface area (Å²) in [7, 11) is 0. The van der Waals surface area contributed by atoms with Crippen molar-refractivity contribution in [2.24, 2.45) is 10.7 Å². The normalized spacial score (nSPS) is 10.8. The number of aromatic hydroxyl groups is 1. The number of phenolic OH excluding ortho intramolecular Hbond substituents is 1. The molecule has 96 valence electrons. The van der Waals surface area contributed by atoms with E-state index in [0.717, 1.165) is 13.0 Å². The third kappa shape index (κ3) is 5.71. The lowest BCUT2D eigenvalue weighted by Gasteiger charge is -2.03. The number of guanidine groups is 1. The maximum absolute atomic E-state index is 13.0. The van der Waals surface area contributed by atoms with E-state index in [1.807, 2.05) is 6.92 Å². The Kier molecular flexibility index (Phi) is 7.60. The van der Waals surface area contributed by atoms with Crippen LogP contribution in [0.2, 0.25) is 0 Å². The van der Waals surface area contributed by atoms with Crippen LogP contribution in [0.5, 0.6) is 5.75 Å². The number of nitrogens with two attached hydrogens (primary N) is 1. The molecule has 0 aliphatic heterocycles. The number of aliphatic imine (C=N–C) groups is 1. The van der Waals surface area contributed by atoms with Gasteiger partial charge in [-0.05, 0) is 24.1 Å². The van der Waals surface area contributed by atoms with Gasteiger partial charge in [0.15, 0.2) is 17.5 Å². The molecule has 0 radical (unpaired) electrons. The third-order valence-electron chi connectivity index (χ3n) is 2.00. The highest BCUT2D eigenvalue weighted by Crippen LogP contribution is 2.16. The molecule has 1 aromatic rings. The molecule has 0 aliphatic carbocycles. The topological polar surface area (TPSA) is 70.6 Å². The minimum atomic E-state index is -0.646. The minimum Gasteiger partial charge on any atom is -0.505 e. The molecule has 0 amide bonds. The van der Waals surface area contributed by atoms with Gasteiger partial charge >= 0.3 is 0 Å². The molecule has 4 nitrogen and oxygen atoms in total. The minimum absolute atomic E-state index is 0. The van der Waals surface area contributed by atoms with Gasteiger partial charge in [-0.3, -0.25) is 0 Å². The first-order valence-electron chi connectivity index (χ1n) is 5.14. The average molecular weight is 353 g/mol. The van der Waals surface area contributed by atoms with Crippen molar-refractivity contribution in [2.75, 3.05) is 6.54 Å². The third-order valence-corrected chi connectivity index (χ3v) is 2.00. The van der Waals surface area contributed by atoms with Gasteiger partial charge in [0.05, 0.1) is 6.54 Å². The van der Waals surface area contributed by atoms with Gasteiger partial charge in [0, 0.05) is 6.54 Å². The number of hydrogen-bond acceptors (Lipinski definition) is 2. The zero-order valence-electron chi connectivity index (χ0n) is 9.61. The Morgan fingerprint density at radius 3 is 2.82 bits per heavy atom. The molecule has 1 rings (SSSR count). The molecule has 0 spiro atoms. The van der Waals surface area contributed by atoms with E-state index in [2.05, 4.69) is 10.3 Å². The number of benzene rings is 1. The van der Waals surface area contributed by atoms with Crippen LogP contribution in [0.3, 0.4) is 0 Å². The number of hydrogen-bond donors (Lipinski definition) is 3. The zero-order valence-corrected chi connectivity index (χ0v) is 11.9. The Balaban J connectivity index is 0.00000256. The van der Waals surface area contributed by atoms with Crippen LogP contribution in [0.1, 0.15) is 18.9 Å². The molecular weight excluding hydrogens is 336 g/mol. The Labute approximate surface area is 117 Å². The van der Waals surface area contributed by atoms with Crippen LogP contribution in [-0.4, -0.2) is 17.6 Å². The van der Waals surface area contributed by atoms with Gasteiger partial charge in [-0.2, -0.15) is 0 Å². The summed E-state index contributed by atoms with van der Waals surface area (Å²) in [5, 5.41) is 11.9. The first-order valence-corrected chi connectivity index (χ1v) is 5.14. The van der Waals surface area contributed by atoms with Crippen molar-refractivity contribution in [3.8, 4) is 5.75 Å². The Hall–Kier alpha value is -1.05. The number of nitrogens with zero attached hydrogens (tertiary/aromatic N) is 1. The molecule has 0 saturated carbocycles. The first kappa shape index (κ1) is 16.0. The monoisotopic (exact) mass is 353 g/mol. The van der Waals surface area contributed by atoms with E-state index in [-0.39, 0.29) is 29.7 Å². The number of rotatable bonds is 4. The molecule has 0 fully saturated rings. The van der Waals surface area contributed by atoms with Gasteiger partial charge in [0.25, 0.3) is 0 Å². The van der Waals surface area contributed by atoms with Crippen molar-refractivity contribution in [3.05, 3.63) is 29.6 Å². The molecule has 0 heterocycles. The highest BCUT2D eigenvalue weighted by Gasteiger charge is 2.00. The summed E-state index contributed by atoms with van der Waals surface area (Å²) in [6.07, 6.45) is 0.962. The van der Waals surface area contributed by atoms with E-state index in [1.165, 1.54) is 12.1 Å². The maximum atomic E-state index is 13.0. The van der Waals surface area contributed by atoms with Crippen molar-refractivity contribution in [1.29, 1.82) is 0 Å². The van der Waals surface area contributed by atoms with Gasteiger partial charge < -0.3 is 16.2 Å². The fourth-order valence-corrected chi connectivity index (χ4v) is 1.13.